The lowest BCUT2D eigenvalue weighted by Gasteiger charge is -2.34. The second-order valence-corrected chi connectivity index (χ2v) is 7.14. The van der Waals surface area contributed by atoms with E-state index in [0.717, 1.165) is 0 Å². The predicted molar refractivity (Wildman–Crippen MR) is 80.7 cm³/mol. The topological polar surface area (TPSA) is 69.7 Å². The molecule has 1 N–H and O–H groups in total. The zero-order valence-electron chi connectivity index (χ0n) is 11.8. The number of sulfonamides is 1. The molecule has 1 saturated heterocycles. The molecule has 1 heterocycles. The summed E-state index contributed by atoms with van der Waals surface area (Å²) < 4.78 is 26.3. The Bertz CT molecular complexity index is 596. The first-order chi connectivity index (χ1) is 9.95. The molecule has 2 rings (SSSR count). The van der Waals surface area contributed by atoms with Crippen LogP contribution in [0, 0.1) is 0 Å². The summed E-state index contributed by atoms with van der Waals surface area (Å²) in [6.07, 6.45) is 0. The fourth-order valence-corrected chi connectivity index (χ4v) is 3.74. The van der Waals surface area contributed by atoms with Gasteiger partial charge in [0.15, 0.2) is 0 Å². The van der Waals surface area contributed by atoms with Crippen molar-refractivity contribution in [1.29, 1.82) is 0 Å². The van der Waals surface area contributed by atoms with Gasteiger partial charge >= 0.3 is 0 Å². The summed E-state index contributed by atoms with van der Waals surface area (Å²) in [6, 6.07) is 6.11. The number of nitrogens with one attached hydrogen (secondary N) is 1. The molecule has 8 heteroatoms. The highest BCUT2D eigenvalue weighted by molar-refractivity contribution is 7.89. The van der Waals surface area contributed by atoms with Crippen molar-refractivity contribution >= 4 is 27.5 Å². The molecule has 1 amide bonds. The maximum absolute atomic E-state index is 12.5. The van der Waals surface area contributed by atoms with Gasteiger partial charge in [0.05, 0.1) is 11.4 Å². The Morgan fingerprint density at radius 1 is 1.19 bits per heavy atom. The molecule has 0 spiro atoms. The van der Waals surface area contributed by atoms with Crippen LogP contribution in [0.4, 0.5) is 0 Å². The Labute approximate surface area is 129 Å². The molecular weight excluding hydrogens is 314 g/mol. The average molecular weight is 332 g/mol. The van der Waals surface area contributed by atoms with Crippen LogP contribution in [-0.4, -0.2) is 63.3 Å². The maximum Gasteiger partial charge on any atom is 0.243 e. The first-order valence-corrected chi connectivity index (χ1v) is 8.45. The number of carbonyl (C=O) groups is 1. The fraction of sp³-hybridized carbons (Fsp3) is 0.462. The summed E-state index contributed by atoms with van der Waals surface area (Å²) in [6.45, 7) is 1.70. The van der Waals surface area contributed by atoms with E-state index in [4.69, 9.17) is 11.6 Å². The van der Waals surface area contributed by atoms with Crippen molar-refractivity contribution in [1.82, 2.24) is 14.5 Å². The molecule has 0 bridgehead atoms. The molecule has 0 saturated carbocycles. The number of benzene rings is 1. The van der Waals surface area contributed by atoms with Crippen LogP contribution in [-0.2, 0) is 14.8 Å². The molecule has 0 unspecified atom stereocenters. The highest BCUT2D eigenvalue weighted by atomic mass is 35.5. The summed E-state index contributed by atoms with van der Waals surface area (Å²) >= 11 is 5.77. The Hall–Kier alpha value is -1.15. The van der Waals surface area contributed by atoms with Crippen LogP contribution in [0.2, 0.25) is 5.02 Å². The monoisotopic (exact) mass is 331 g/mol. The SMILES string of the molecule is CNCC(=O)N1CCN(S(=O)(=O)c2ccc(Cl)cc2)CC1. The molecule has 21 heavy (non-hydrogen) atoms. The highest BCUT2D eigenvalue weighted by Crippen LogP contribution is 2.19. The van der Waals surface area contributed by atoms with Crippen LogP contribution in [0.5, 0.6) is 0 Å². The molecule has 6 nitrogen and oxygen atoms in total. The van der Waals surface area contributed by atoms with E-state index in [0.29, 0.717) is 31.2 Å². The lowest BCUT2D eigenvalue weighted by atomic mass is 10.3. The number of halogens is 1. The van der Waals surface area contributed by atoms with Crippen LogP contribution in [0.1, 0.15) is 0 Å². The van der Waals surface area contributed by atoms with E-state index in [1.807, 2.05) is 0 Å². The van der Waals surface area contributed by atoms with Crippen LogP contribution in [0.25, 0.3) is 0 Å². The molecule has 0 aromatic heterocycles. The van der Waals surface area contributed by atoms with Crippen molar-refractivity contribution in [2.45, 2.75) is 4.90 Å². The number of likely N-dealkylation sites (N-methyl/N-ethyl adjacent to an activating group) is 1. The van der Waals surface area contributed by atoms with Crippen molar-refractivity contribution in [3.05, 3.63) is 29.3 Å². The number of carbonyl (C=O) groups excluding carboxylic acids is 1. The van der Waals surface area contributed by atoms with Gasteiger partial charge in [0, 0.05) is 31.2 Å². The van der Waals surface area contributed by atoms with Crippen molar-refractivity contribution in [3.8, 4) is 0 Å². The lowest BCUT2D eigenvalue weighted by molar-refractivity contribution is -0.131. The smallest absolute Gasteiger partial charge is 0.243 e. The number of amides is 1. The summed E-state index contributed by atoms with van der Waals surface area (Å²) in [5, 5.41) is 3.30. The summed E-state index contributed by atoms with van der Waals surface area (Å²) in [5.41, 5.74) is 0. The van der Waals surface area contributed by atoms with Gasteiger partial charge in [-0.15, -0.1) is 0 Å². The Balaban J connectivity index is 2.04. The van der Waals surface area contributed by atoms with Gasteiger partial charge in [0.1, 0.15) is 0 Å². The van der Waals surface area contributed by atoms with Crippen LogP contribution in [0.3, 0.4) is 0 Å². The minimum atomic E-state index is -3.52. The summed E-state index contributed by atoms with van der Waals surface area (Å²) in [5.74, 6) is -0.0129. The Morgan fingerprint density at radius 3 is 2.29 bits per heavy atom. The molecule has 1 fully saturated rings. The van der Waals surface area contributed by atoms with E-state index in [1.165, 1.54) is 16.4 Å². The van der Waals surface area contributed by atoms with E-state index in [9.17, 15) is 13.2 Å². The normalized spacial score (nSPS) is 17.0. The van der Waals surface area contributed by atoms with Gasteiger partial charge in [-0.2, -0.15) is 4.31 Å². The van der Waals surface area contributed by atoms with Gasteiger partial charge in [0.2, 0.25) is 15.9 Å². The minimum absolute atomic E-state index is 0.0129. The molecule has 0 atom stereocenters. The maximum atomic E-state index is 12.5. The quantitative estimate of drug-likeness (QED) is 0.866. The zero-order chi connectivity index (χ0) is 15.5. The predicted octanol–water partition coefficient (Wildman–Crippen LogP) is 0.392. The highest BCUT2D eigenvalue weighted by Gasteiger charge is 2.29. The number of rotatable bonds is 4. The molecule has 116 valence electrons. The molecule has 0 radical (unpaired) electrons. The van der Waals surface area contributed by atoms with E-state index in [2.05, 4.69) is 5.32 Å². The summed E-state index contributed by atoms with van der Waals surface area (Å²) in [4.78, 5) is 13.6. The van der Waals surface area contributed by atoms with Gasteiger partial charge < -0.3 is 10.2 Å². The van der Waals surface area contributed by atoms with Crippen molar-refractivity contribution in [2.24, 2.45) is 0 Å². The second kappa shape index (κ2) is 6.74. The Morgan fingerprint density at radius 2 is 1.76 bits per heavy atom. The largest absolute Gasteiger partial charge is 0.339 e. The summed E-state index contributed by atoms with van der Waals surface area (Å²) in [7, 11) is -1.81. The lowest BCUT2D eigenvalue weighted by Crippen LogP contribution is -2.52. The van der Waals surface area contributed by atoms with Crippen molar-refractivity contribution in [3.63, 3.8) is 0 Å². The zero-order valence-corrected chi connectivity index (χ0v) is 13.3. The van der Waals surface area contributed by atoms with Gasteiger partial charge in [-0.3, -0.25) is 4.79 Å². The second-order valence-electron chi connectivity index (χ2n) is 4.77. The third kappa shape index (κ3) is 3.74. The van der Waals surface area contributed by atoms with Gasteiger partial charge in [0.25, 0.3) is 0 Å². The van der Waals surface area contributed by atoms with Crippen LogP contribution in [0.15, 0.2) is 29.2 Å². The first-order valence-electron chi connectivity index (χ1n) is 6.63. The third-order valence-electron chi connectivity index (χ3n) is 3.37. The number of piperazine rings is 1. The van der Waals surface area contributed by atoms with E-state index >= 15 is 0 Å². The molecule has 0 aliphatic carbocycles. The molecule has 1 aromatic carbocycles. The number of hydrogen-bond acceptors (Lipinski definition) is 4. The number of nitrogens with zero attached hydrogens (tertiary/aromatic N) is 2. The van der Waals surface area contributed by atoms with Gasteiger partial charge in [-0.1, -0.05) is 11.6 Å². The van der Waals surface area contributed by atoms with E-state index < -0.39 is 10.0 Å². The molecule has 1 aliphatic rings. The van der Waals surface area contributed by atoms with Gasteiger partial charge in [-0.25, -0.2) is 8.42 Å². The minimum Gasteiger partial charge on any atom is -0.339 e. The van der Waals surface area contributed by atoms with Crippen LogP contribution >= 0.6 is 11.6 Å². The third-order valence-corrected chi connectivity index (χ3v) is 5.54. The molecule has 1 aromatic rings. The van der Waals surface area contributed by atoms with Crippen LogP contribution < -0.4 is 5.32 Å². The molecule has 1 aliphatic heterocycles. The van der Waals surface area contributed by atoms with E-state index in [-0.39, 0.29) is 17.3 Å². The first kappa shape index (κ1) is 16.2. The van der Waals surface area contributed by atoms with E-state index in [1.54, 1.807) is 24.1 Å². The average Bonchev–Trinajstić information content (AvgIpc) is 2.48. The molecular formula is C13H18ClN3O3S. The van der Waals surface area contributed by atoms with Gasteiger partial charge in [-0.05, 0) is 31.3 Å². The fourth-order valence-electron chi connectivity index (χ4n) is 2.20. The number of hydrogen-bond donors (Lipinski definition) is 1. The van der Waals surface area contributed by atoms with Crippen molar-refractivity contribution < 1.29 is 13.2 Å². The van der Waals surface area contributed by atoms with Crippen molar-refractivity contribution in [2.75, 3.05) is 39.8 Å². The Kier molecular flexibility index (Phi) is 5.21. The standard InChI is InChI=1S/C13H18ClN3O3S/c1-15-10-13(18)16-6-8-17(9-7-16)21(19,20)12-4-2-11(14)3-5-12/h2-5,15H,6-10H2,1H3.